The van der Waals surface area contributed by atoms with Crippen molar-refractivity contribution in [1.29, 1.82) is 0 Å². The van der Waals surface area contributed by atoms with Gasteiger partial charge in [-0.3, -0.25) is 4.98 Å². The van der Waals surface area contributed by atoms with Crippen LogP contribution in [0.3, 0.4) is 0 Å². The molecule has 4 nitrogen and oxygen atoms in total. The van der Waals surface area contributed by atoms with Crippen molar-refractivity contribution in [2.24, 2.45) is 0 Å². The monoisotopic (exact) mass is 235 g/mol. The lowest BCUT2D eigenvalue weighted by molar-refractivity contribution is 0.113. The zero-order valence-electron chi connectivity index (χ0n) is 10.6. The summed E-state index contributed by atoms with van der Waals surface area (Å²) in [5.74, 6) is 0.927. The topological polar surface area (TPSA) is 37.4 Å². The average molecular weight is 235 g/mol. The number of hydrogen-bond donors (Lipinski definition) is 1. The Morgan fingerprint density at radius 3 is 2.94 bits per heavy atom. The number of piperidine rings is 1. The van der Waals surface area contributed by atoms with Crippen LogP contribution in [-0.4, -0.2) is 43.2 Å². The minimum absolute atomic E-state index is 0.339. The Bertz CT molecular complexity index is 348. The van der Waals surface area contributed by atoms with E-state index in [1.54, 1.807) is 0 Å². The number of rotatable bonds is 4. The minimum atomic E-state index is 0.339. The molecule has 94 valence electrons. The molecule has 4 heteroatoms. The van der Waals surface area contributed by atoms with Gasteiger partial charge in [-0.2, -0.15) is 0 Å². The van der Waals surface area contributed by atoms with Gasteiger partial charge in [-0.15, -0.1) is 0 Å². The zero-order chi connectivity index (χ0) is 12.1. The SMILES string of the molecule is CNCc1ccncc1OC1CCN(C)CC1. The summed E-state index contributed by atoms with van der Waals surface area (Å²) in [4.78, 5) is 6.49. The molecule has 0 saturated carbocycles. The predicted octanol–water partition coefficient (Wildman–Crippen LogP) is 1.27. The standard InChI is InChI=1S/C13H21N3O/c1-14-9-11-3-6-15-10-13(11)17-12-4-7-16(2)8-5-12/h3,6,10,12,14H,4-5,7-9H2,1-2H3. The summed E-state index contributed by atoms with van der Waals surface area (Å²) in [6.45, 7) is 3.06. The quantitative estimate of drug-likeness (QED) is 0.853. The summed E-state index contributed by atoms with van der Waals surface area (Å²) in [6, 6.07) is 2.01. The van der Waals surface area contributed by atoms with E-state index in [0.717, 1.165) is 38.2 Å². The van der Waals surface area contributed by atoms with Crippen molar-refractivity contribution >= 4 is 0 Å². The molecule has 1 aromatic heterocycles. The second-order valence-electron chi connectivity index (χ2n) is 4.63. The van der Waals surface area contributed by atoms with Gasteiger partial charge in [0.1, 0.15) is 11.9 Å². The van der Waals surface area contributed by atoms with Crippen LogP contribution in [0.1, 0.15) is 18.4 Å². The molecule has 2 rings (SSSR count). The van der Waals surface area contributed by atoms with E-state index in [9.17, 15) is 0 Å². The van der Waals surface area contributed by atoms with Gasteiger partial charge in [-0.1, -0.05) is 0 Å². The summed E-state index contributed by atoms with van der Waals surface area (Å²) in [5, 5.41) is 3.15. The van der Waals surface area contributed by atoms with Crippen molar-refractivity contribution in [3.05, 3.63) is 24.0 Å². The Balaban J connectivity index is 1.98. The first kappa shape index (κ1) is 12.3. The van der Waals surface area contributed by atoms with Crippen LogP contribution in [0, 0.1) is 0 Å². The van der Waals surface area contributed by atoms with E-state index in [0.29, 0.717) is 6.10 Å². The van der Waals surface area contributed by atoms with Gasteiger partial charge in [0.15, 0.2) is 0 Å². The number of pyridine rings is 1. The van der Waals surface area contributed by atoms with Crippen LogP contribution in [0.25, 0.3) is 0 Å². The molecule has 0 spiro atoms. The van der Waals surface area contributed by atoms with E-state index in [1.165, 1.54) is 5.56 Å². The van der Waals surface area contributed by atoms with Crippen LogP contribution in [0.15, 0.2) is 18.5 Å². The average Bonchev–Trinajstić information content (AvgIpc) is 2.35. The van der Waals surface area contributed by atoms with Gasteiger partial charge < -0.3 is 15.0 Å². The molecule has 0 aromatic carbocycles. The maximum atomic E-state index is 6.06. The molecule has 0 radical (unpaired) electrons. The number of nitrogens with zero attached hydrogens (tertiary/aromatic N) is 2. The first-order valence-corrected chi connectivity index (χ1v) is 6.22. The highest BCUT2D eigenvalue weighted by Gasteiger charge is 2.18. The number of ether oxygens (including phenoxy) is 1. The molecule has 2 heterocycles. The van der Waals surface area contributed by atoms with E-state index < -0.39 is 0 Å². The third-order valence-electron chi connectivity index (χ3n) is 3.20. The lowest BCUT2D eigenvalue weighted by Crippen LogP contribution is -2.35. The van der Waals surface area contributed by atoms with Crippen molar-refractivity contribution in [2.45, 2.75) is 25.5 Å². The van der Waals surface area contributed by atoms with Crippen molar-refractivity contribution in [1.82, 2.24) is 15.2 Å². The molecular weight excluding hydrogens is 214 g/mol. The maximum absolute atomic E-state index is 6.06. The smallest absolute Gasteiger partial charge is 0.142 e. The first-order valence-electron chi connectivity index (χ1n) is 6.22. The molecule has 17 heavy (non-hydrogen) atoms. The molecule has 0 bridgehead atoms. The Kier molecular flexibility index (Phi) is 4.34. The van der Waals surface area contributed by atoms with Gasteiger partial charge in [0.2, 0.25) is 0 Å². The highest BCUT2D eigenvalue weighted by molar-refractivity contribution is 5.29. The zero-order valence-corrected chi connectivity index (χ0v) is 10.6. The fraction of sp³-hybridized carbons (Fsp3) is 0.615. The molecule has 0 atom stereocenters. The van der Waals surface area contributed by atoms with E-state index in [-0.39, 0.29) is 0 Å². The van der Waals surface area contributed by atoms with E-state index in [4.69, 9.17) is 4.74 Å². The molecule has 1 N–H and O–H groups in total. The van der Waals surface area contributed by atoms with Gasteiger partial charge in [0.05, 0.1) is 6.20 Å². The molecule has 0 unspecified atom stereocenters. The van der Waals surface area contributed by atoms with E-state index in [2.05, 4.69) is 22.2 Å². The number of hydrogen-bond acceptors (Lipinski definition) is 4. The third-order valence-corrected chi connectivity index (χ3v) is 3.20. The van der Waals surface area contributed by atoms with Gasteiger partial charge in [-0.25, -0.2) is 0 Å². The highest BCUT2D eigenvalue weighted by Crippen LogP contribution is 2.21. The molecule has 1 saturated heterocycles. The molecule has 0 aliphatic carbocycles. The van der Waals surface area contributed by atoms with Crippen LogP contribution in [-0.2, 0) is 6.54 Å². The predicted molar refractivity (Wildman–Crippen MR) is 68.1 cm³/mol. The number of likely N-dealkylation sites (tertiary alicyclic amines) is 1. The van der Waals surface area contributed by atoms with Gasteiger partial charge >= 0.3 is 0 Å². The van der Waals surface area contributed by atoms with E-state index >= 15 is 0 Å². The first-order chi connectivity index (χ1) is 8.29. The van der Waals surface area contributed by atoms with Crippen LogP contribution >= 0.6 is 0 Å². The Morgan fingerprint density at radius 2 is 2.24 bits per heavy atom. The molecule has 0 amide bonds. The summed E-state index contributed by atoms with van der Waals surface area (Å²) in [6.07, 6.45) is 6.18. The van der Waals surface area contributed by atoms with Crippen LogP contribution < -0.4 is 10.1 Å². The summed E-state index contributed by atoms with van der Waals surface area (Å²) in [7, 11) is 4.10. The van der Waals surface area contributed by atoms with Gasteiger partial charge in [0.25, 0.3) is 0 Å². The van der Waals surface area contributed by atoms with E-state index in [1.807, 2.05) is 25.5 Å². The van der Waals surface area contributed by atoms with Crippen LogP contribution in [0.5, 0.6) is 5.75 Å². The Hall–Kier alpha value is -1.13. The lowest BCUT2D eigenvalue weighted by Gasteiger charge is -2.29. The van der Waals surface area contributed by atoms with Crippen molar-refractivity contribution in [3.63, 3.8) is 0 Å². The normalized spacial score (nSPS) is 18.2. The van der Waals surface area contributed by atoms with Crippen LogP contribution in [0.2, 0.25) is 0 Å². The molecule has 1 fully saturated rings. The third kappa shape index (κ3) is 3.41. The van der Waals surface area contributed by atoms with Gasteiger partial charge in [0, 0.05) is 31.4 Å². The Labute approximate surface area is 103 Å². The molecule has 1 aliphatic heterocycles. The Morgan fingerprint density at radius 1 is 1.47 bits per heavy atom. The second-order valence-corrected chi connectivity index (χ2v) is 4.63. The fourth-order valence-electron chi connectivity index (χ4n) is 2.13. The number of aromatic nitrogens is 1. The van der Waals surface area contributed by atoms with Gasteiger partial charge in [-0.05, 0) is 33.0 Å². The van der Waals surface area contributed by atoms with Crippen molar-refractivity contribution in [3.8, 4) is 5.75 Å². The molecule has 1 aliphatic rings. The largest absolute Gasteiger partial charge is 0.488 e. The maximum Gasteiger partial charge on any atom is 0.142 e. The highest BCUT2D eigenvalue weighted by atomic mass is 16.5. The summed E-state index contributed by atoms with van der Waals surface area (Å²) < 4.78 is 6.06. The lowest BCUT2D eigenvalue weighted by atomic mass is 10.1. The van der Waals surface area contributed by atoms with Crippen molar-refractivity contribution in [2.75, 3.05) is 27.2 Å². The fourth-order valence-corrected chi connectivity index (χ4v) is 2.13. The summed E-state index contributed by atoms with van der Waals surface area (Å²) >= 11 is 0. The molecule has 1 aromatic rings. The molecular formula is C13H21N3O. The van der Waals surface area contributed by atoms with Crippen molar-refractivity contribution < 1.29 is 4.74 Å². The number of nitrogens with one attached hydrogen (secondary N) is 1. The minimum Gasteiger partial charge on any atom is -0.488 e. The van der Waals surface area contributed by atoms with Crippen LogP contribution in [0.4, 0.5) is 0 Å². The second kappa shape index (κ2) is 5.98. The summed E-state index contributed by atoms with van der Waals surface area (Å²) in [5.41, 5.74) is 1.18.